The summed E-state index contributed by atoms with van der Waals surface area (Å²) < 4.78 is 10.5. The maximum atomic E-state index is 5.39. The van der Waals surface area contributed by atoms with E-state index >= 15 is 0 Å². The highest BCUT2D eigenvalue weighted by atomic mass is 16.7. The highest BCUT2D eigenvalue weighted by Crippen LogP contribution is 2.14. The molecule has 1 aromatic carbocycles. The standard InChI is InChI=1S/C13H19O2/c1-3-5-7-12-8-6-9-13(10-12)15-11-14-4-2/h6,8,10H,3-5,7,11H2,1-2H3. The predicted octanol–water partition coefficient (Wildman–Crippen LogP) is 3.20. The third kappa shape index (κ3) is 4.84. The molecule has 1 radical (unpaired) electrons. The molecule has 0 spiro atoms. The molecule has 2 nitrogen and oxygen atoms in total. The Kier molecular flexibility index (Phi) is 5.86. The molecule has 0 amide bonds. The number of unbranched alkanes of at least 4 members (excludes halogenated alkanes) is 1. The second-order valence-corrected chi connectivity index (χ2v) is 3.42. The van der Waals surface area contributed by atoms with Gasteiger partial charge in [-0.1, -0.05) is 25.5 Å². The van der Waals surface area contributed by atoms with Crippen molar-refractivity contribution in [3.8, 4) is 5.75 Å². The average Bonchev–Trinajstić information content (AvgIpc) is 2.27. The maximum absolute atomic E-state index is 5.39. The predicted molar refractivity (Wildman–Crippen MR) is 61.0 cm³/mol. The quantitative estimate of drug-likeness (QED) is 0.505. The van der Waals surface area contributed by atoms with E-state index in [1.54, 1.807) is 0 Å². The second kappa shape index (κ2) is 7.30. The molecule has 2 heteroatoms. The van der Waals surface area contributed by atoms with Crippen LogP contribution in [0.2, 0.25) is 0 Å². The molecule has 0 atom stereocenters. The van der Waals surface area contributed by atoms with E-state index in [1.165, 1.54) is 18.4 Å². The number of hydrogen-bond donors (Lipinski definition) is 0. The van der Waals surface area contributed by atoms with Gasteiger partial charge in [-0.15, -0.1) is 0 Å². The van der Waals surface area contributed by atoms with Gasteiger partial charge in [0.05, 0.1) is 0 Å². The first-order chi connectivity index (χ1) is 7.36. The van der Waals surface area contributed by atoms with E-state index in [2.05, 4.69) is 19.1 Å². The minimum absolute atomic E-state index is 0.310. The van der Waals surface area contributed by atoms with Crippen molar-refractivity contribution in [1.82, 2.24) is 0 Å². The van der Waals surface area contributed by atoms with Crippen LogP contribution in [-0.2, 0) is 11.2 Å². The van der Waals surface area contributed by atoms with Crippen molar-refractivity contribution < 1.29 is 9.47 Å². The summed E-state index contributed by atoms with van der Waals surface area (Å²) >= 11 is 0. The van der Waals surface area contributed by atoms with Crippen LogP contribution in [0.4, 0.5) is 0 Å². The van der Waals surface area contributed by atoms with Gasteiger partial charge in [0.1, 0.15) is 5.75 Å². The van der Waals surface area contributed by atoms with Gasteiger partial charge in [0.25, 0.3) is 0 Å². The van der Waals surface area contributed by atoms with Crippen molar-refractivity contribution >= 4 is 0 Å². The van der Waals surface area contributed by atoms with Gasteiger partial charge in [-0.05, 0) is 31.4 Å². The van der Waals surface area contributed by atoms with Gasteiger partial charge in [0.15, 0.2) is 6.79 Å². The number of rotatable bonds is 7. The molecule has 0 saturated heterocycles. The lowest BCUT2D eigenvalue weighted by molar-refractivity contribution is 0.0222. The molecule has 15 heavy (non-hydrogen) atoms. The Hall–Kier alpha value is -1.02. The van der Waals surface area contributed by atoms with Crippen molar-refractivity contribution in [3.05, 3.63) is 29.8 Å². The van der Waals surface area contributed by atoms with E-state index in [-0.39, 0.29) is 0 Å². The molecular formula is C13H19O2. The fraction of sp³-hybridized carbons (Fsp3) is 0.538. The van der Waals surface area contributed by atoms with E-state index in [1.807, 2.05) is 19.1 Å². The third-order valence-electron chi connectivity index (χ3n) is 2.16. The van der Waals surface area contributed by atoms with Crippen LogP contribution in [-0.4, -0.2) is 13.4 Å². The first kappa shape index (κ1) is 12.1. The zero-order chi connectivity index (χ0) is 10.9. The Labute approximate surface area is 92.2 Å². The van der Waals surface area contributed by atoms with Gasteiger partial charge in [-0.2, -0.15) is 0 Å². The van der Waals surface area contributed by atoms with E-state index in [9.17, 15) is 0 Å². The van der Waals surface area contributed by atoms with Crippen LogP contribution in [0, 0.1) is 6.07 Å². The van der Waals surface area contributed by atoms with Crippen molar-refractivity contribution in [2.24, 2.45) is 0 Å². The van der Waals surface area contributed by atoms with Crippen LogP contribution in [0.5, 0.6) is 5.75 Å². The van der Waals surface area contributed by atoms with Crippen molar-refractivity contribution in [1.29, 1.82) is 0 Å². The highest BCUT2D eigenvalue weighted by molar-refractivity contribution is 5.27. The number of hydrogen-bond acceptors (Lipinski definition) is 2. The molecule has 0 aromatic heterocycles. The minimum Gasteiger partial charge on any atom is -0.467 e. The topological polar surface area (TPSA) is 18.5 Å². The lowest BCUT2D eigenvalue weighted by Gasteiger charge is -2.07. The zero-order valence-electron chi connectivity index (χ0n) is 9.58. The van der Waals surface area contributed by atoms with Crippen LogP contribution in [0.1, 0.15) is 32.3 Å². The fourth-order valence-electron chi connectivity index (χ4n) is 1.30. The molecule has 0 bridgehead atoms. The molecule has 0 unspecified atom stereocenters. The van der Waals surface area contributed by atoms with Crippen LogP contribution < -0.4 is 4.74 Å². The summed E-state index contributed by atoms with van der Waals surface area (Å²) in [6, 6.07) is 9.07. The Balaban J connectivity index is 2.42. The Morgan fingerprint density at radius 1 is 1.33 bits per heavy atom. The summed E-state index contributed by atoms with van der Waals surface area (Å²) in [7, 11) is 0. The van der Waals surface area contributed by atoms with Gasteiger partial charge in [0.2, 0.25) is 0 Å². The van der Waals surface area contributed by atoms with Gasteiger partial charge in [-0.3, -0.25) is 0 Å². The van der Waals surface area contributed by atoms with E-state index in [0.29, 0.717) is 13.4 Å². The third-order valence-corrected chi connectivity index (χ3v) is 2.16. The Morgan fingerprint density at radius 2 is 2.20 bits per heavy atom. The van der Waals surface area contributed by atoms with Gasteiger partial charge in [0, 0.05) is 12.7 Å². The monoisotopic (exact) mass is 207 g/mol. The van der Waals surface area contributed by atoms with Crippen LogP contribution in [0.15, 0.2) is 18.2 Å². The maximum Gasteiger partial charge on any atom is 0.189 e. The molecule has 83 valence electrons. The molecule has 0 saturated carbocycles. The molecule has 0 aliphatic carbocycles. The molecule has 1 aromatic rings. The van der Waals surface area contributed by atoms with E-state index in [4.69, 9.17) is 9.47 Å². The summed E-state index contributed by atoms with van der Waals surface area (Å²) in [5.74, 6) is 0.775. The fourth-order valence-corrected chi connectivity index (χ4v) is 1.30. The van der Waals surface area contributed by atoms with Gasteiger partial charge >= 0.3 is 0 Å². The summed E-state index contributed by atoms with van der Waals surface area (Å²) in [5.41, 5.74) is 1.31. The highest BCUT2D eigenvalue weighted by Gasteiger charge is 1.97. The summed E-state index contributed by atoms with van der Waals surface area (Å²) in [4.78, 5) is 0. The summed E-state index contributed by atoms with van der Waals surface area (Å²) in [6.07, 6.45) is 3.54. The summed E-state index contributed by atoms with van der Waals surface area (Å²) in [5, 5.41) is 0. The Morgan fingerprint density at radius 3 is 2.93 bits per heavy atom. The minimum atomic E-state index is 0.310. The van der Waals surface area contributed by atoms with Crippen LogP contribution in [0.3, 0.4) is 0 Å². The second-order valence-electron chi connectivity index (χ2n) is 3.42. The molecule has 0 heterocycles. The van der Waals surface area contributed by atoms with E-state index < -0.39 is 0 Å². The van der Waals surface area contributed by atoms with Crippen molar-refractivity contribution in [2.75, 3.05) is 13.4 Å². The average molecular weight is 207 g/mol. The van der Waals surface area contributed by atoms with E-state index in [0.717, 1.165) is 12.2 Å². The normalized spacial score (nSPS) is 10.3. The Bertz CT molecular complexity index is 271. The first-order valence-corrected chi connectivity index (χ1v) is 5.58. The van der Waals surface area contributed by atoms with Crippen LogP contribution in [0.25, 0.3) is 0 Å². The first-order valence-electron chi connectivity index (χ1n) is 5.58. The summed E-state index contributed by atoms with van der Waals surface area (Å²) in [6.45, 7) is 5.13. The van der Waals surface area contributed by atoms with Gasteiger partial charge < -0.3 is 9.47 Å². The number of ether oxygens (including phenoxy) is 2. The van der Waals surface area contributed by atoms with Crippen LogP contribution >= 0.6 is 0 Å². The molecule has 1 rings (SSSR count). The molecular weight excluding hydrogens is 188 g/mol. The SMILES string of the molecule is CCCCc1cc[c]c(OCOCC)c1. The van der Waals surface area contributed by atoms with Crippen molar-refractivity contribution in [3.63, 3.8) is 0 Å². The molecule has 0 N–H and O–H groups in total. The van der Waals surface area contributed by atoms with Crippen molar-refractivity contribution in [2.45, 2.75) is 33.1 Å². The number of aryl methyl sites for hydroxylation is 1. The molecule has 0 fully saturated rings. The zero-order valence-corrected chi connectivity index (χ0v) is 9.58. The smallest absolute Gasteiger partial charge is 0.189 e. The van der Waals surface area contributed by atoms with Gasteiger partial charge in [-0.25, -0.2) is 0 Å². The molecule has 0 aliphatic rings. The lowest BCUT2D eigenvalue weighted by Crippen LogP contribution is -2.02. The largest absolute Gasteiger partial charge is 0.467 e. The molecule has 0 aliphatic heterocycles. The lowest BCUT2D eigenvalue weighted by atomic mass is 10.1. The number of benzene rings is 1.